The van der Waals surface area contributed by atoms with Gasteiger partial charge in [-0.25, -0.2) is 0 Å². The first-order valence-corrected chi connectivity index (χ1v) is 10.2. The predicted octanol–water partition coefficient (Wildman–Crippen LogP) is 3.77. The van der Waals surface area contributed by atoms with Gasteiger partial charge >= 0.3 is 0 Å². The van der Waals surface area contributed by atoms with E-state index in [-0.39, 0.29) is 25.3 Å². The van der Waals surface area contributed by atoms with Gasteiger partial charge in [-0.1, -0.05) is 36.4 Å². The van der Waals surface area contributed by atoms with Gasteiger partial charge in [0.15, 0.2) is 18.1 Å². The van der Waals surface area contributed by atoms with Gasteiger partial charge in [-0.15, -0.1) is 0 Å². The zero-order chi connectivity index (χ0) is 21.5. The summed E-state index contributed by atoms with van der Waals surface area (Å²) < 4.78 is 21.7. The minimum atomic E-state index is -0.164. The zero-order valence-electron chi connectivity index (χ0n) is 17.4. The highest BCUT2D eigenvalue weighted by molar-refractivity contribution is 5.78. The SMILES string of the molecule is COc1ccc(C[C@H](Cc2ccc3c(c2)OCO3)NC(=O)COc2ccccc2)cc1. The molecule has 1 N–H and O–H groups in total. The average molecular weight is 419 g/mol. The molecule has 0 radical (unpaired) electrons. The first kappa shape index (κ1) is 20.6. The number of carbonyl (C=O) groups excluding carboxylic acids is 1. The van der Waals surface area contributed by atoms with Crippen molar-refractivity contribution in [2.75, 3.05) is 20.5 Å². The third-order valence-electron chi connectivity index (χ3n) is 5.04. The molecule has 31 heavy (non-hydrogen) atoms. The number of ether oxygens (including phenoxy) is 4. The molecule has 1 atom stereocenters. The summed E-state index contributed by atoms with van der Waals surface area (Å²) in [6, 6.07) is 22.9. The lowest BCUT2D eigenvalue weighted by molar-refractivity contribution is -0.123. The number of benzene rings is 3. The first-order valence-electron chi connectivity index (χ1n) is 10.2. The molecule has 1 heterocycles. The maximum Gasteiger partial charge on any atom is 0.258 e. The van der Waals surface area contributed by atoms with Crippen molar-refractivity contribution in [2.24, 2.45) is 0 Å². The van der Waals surface area contributed by atoms with E-state index in [9.17, 15) is 4.79 Å². The highest BCUT2D eigenvalue weighted by Gasteiger charge is 2.18. The summed E-state index contributed by atoms with van der Waals surface area (Å²) >= 11 is 0. The minimum absolute atomic E-state index is 0.0374. The smallest absolute Gasteiger partial charge is 0.258 e. The predicted molar refractivity (Wildman–Crippen MR) is 117 cm³/mol. The largest absolute Gasteiger partial charge is 0.497 e. The Morgan fingerprint density at radius 1 is 0.903 bits per heavy atom. The first-order chi connectivity index (χ1) is 15.2. The molecule has 4 rings (SSSR count). The van der Waals surface area contributed by atoms with Gasteiger partial charge in [0.25, 0.3) is 5.91 Å². The quantitative estimate of drug-likeness (QED) is 0.572. The van der Waals surface area contributed by atoms with Gasteiger partial charge in [0.1, 0.15) is 11.5 Å². The fraction of sp³-hybridized carbons (Fsp3) is 0.240. The van der Waals surface area contributed by atoms with Crippen LogP contribution in [0.3, 0.4) is 0 Å². The number of fused-ring (bicyclic) bond motifs is 1. The van der Waals surface area contributed by atoms with Gasteiger partial charge in [-0.2, -0.15) is 0 Å². The Morgan fingerprint density at radius 2 is 1.61 bits per heavy atom. The lowest BCUT2D eigenvalue weighted by atomic mass is 9.98. The van der Waals surface area contributed by atoms with Crippen LogP contribution in [-0.4, -0.2) is 32.5 Å². The van der Waals surface area contributed by atoms with Crippen molar-refractivity contribution in [3.05, 3.63) is 83.9 Å². The lowest BCUT2D eigenvalue weighted by Crippen LogP contribution is -2.40. The molecule has 0 unspecified atom stereocenters. The zero-order valence-corrected chi connectivity index (χ0v) is 17.4. The molecular weight excluding hydrogens is 394 g/mol. The topological polar surface area (TPSA) is 66.0 Å². The van der Waals surface area contributed by atoms with Crippen molar-refractivity contribution in [1.29, 1.82) is 0 Å². The Labute approximate surface area is 181 Å². The van der Waals surface area contributed by atoms with Gasteiger partial charge in [-0.3, -0.25) is 4.79 Å². The Kier molecular flexibility index (Phi) is 6.57. The van der Waals surface area contributed by atoms with E-state index in [1.807, 2.05) is 72.8 Å². The number of hydrogen-bond acceptors (Lipinski definition) is 5. The standard InChI is InChI=1S/C25H25NO5/c1-28-21-10-7-18(8-11-21)13-20(14-19-9-12-23-24(15-19)31-17-30-23)26-25(27)16-29-22-5-3-2-4-6-22/h2-12,15,20H,13-14,16-17H2,1H3,(H,26,27)/t20-/m1/s1. The Hall–Kier alpha value is -3.67. The van der Waals surface area contributed by atoms with Crippen LogP contribution in [-0.2, 0) is 17.6 Å². The van der Waals surface area contributed by atoms with Crippen LogP contribution in [0.1, 0.15) is 11.1 Å². The number of nitrogens with one attached hydrogen (secondary N) is 1. The van der Waals surface area contributed by atoms with Gasteiger partial charge in [0.2, 0.25) is 6.79 Å². The summed E-state index contributed by atoms with van der Waals surface area (Å²) in [6.45, 7) is 0.200. The lowest BCUT2D eigenvalue weighted by Gasteiger charge is -2.20. The van der Waals surface area contributed by atoms with Crippen LogP contribution in [0.4, 0.5) is 0 Å². The summed E-state index contributed by atoms with van der Waals surface area (Å²) in [7, 11) is 1.64. The summed E-state index contributed by atoms with van der Waals surface area (Å²) in [5.41, 5.74) is 2.17. The van der Waals surface area contributed by atoms with E-state index < -0.39 is 0 Å². The molecule has 3 aromatic rings. The fourth-order valence-corrected chi connectivity index (χ4v) is 3.51. The maximum atomic E-state index is 12.6. The molecule has 1 aliphatic heterocycles. The van der Waals surface area contributed by atoms with Crippen molar-refractivity contribution in [3.63, 3.8) is 0 Å². The van der Waals surface area contributed by atoms with E-state index in [1.165, 1.54) is 0 Å². The molecule has 160 valence electrons. The third-order valence-corrected chi connectivity index (χ3v) is 5.04. The van der Waals surface area contributed by atoms with E-state index in [4.69, 9.17) is 18.9 Å². The monoisotopic (exact) mass is 419 g/mol. The van der Waals surface area contributed by atoms with Crippen LogP contribution in [0.5, 0.6) is 23.0 Å². The number of hydrogen-bond donors (Lipinski definition) is 1. The van der Waals surface area contributed by atoms with Crippen molar-refractivity contribution >= 4 is 5.91 Å². The molecule has 1 aliphatic rings. The van der Waals surface area contributed by atoms with Crippen LogP contribution >= 0.6 is 0 Å². The normalized spacial score (nSPS) is 12.8. The number of methoxy groups -OCH3 is 1. The van der Waals surface area contributed by atoms with Crippen molar-refractivity contribution < 1.29 is 23.7 Å². The summed E-state index contributed by atoms with van der Waals surface area (Å²) in [5.74, 6) is 2.79. The fourth-order valence-electron chi connectivity index (χ4n) is 3.51. The Balaban J connectivity index is 1.43. The molecular formula is C25H25NO5. The van der Waals surface area contributed by atoms with Gasteiger partial charge in [-0.05, 0) is 60.4 Å². The number of rotatable bonds is 9. The van der Waals surface area contributed by atoms with E-state index in [0.29, 0.717) is 18.6 Å². The summed E-state index contributed by atoms with van der Waals surface area (Å²) in [6.07, 6.45) is 1.33. The molecule has 6 heteroatoms. The molecule has 0 spiro atoms. The van der Waals surface area contributed by atoms with Crippen LogP contribution in [0.2, 0.25) is 0 Å². The van der Waals surface area contributed by atoms with E-state index in [2.05, 4.69) is 5.32 Å². The molecule has 1 amide bonds. The molecule has 0 bridgehead atoms. The second-order valence-electron chi connectivity index (χ2n) is 7.31. The van der Waals surface area contributed by atoms with Crippen LogP contribution in [0, 0.1) is 0 Å². The van der Waals surface area contributed by atoms with E-state index in [1.54, 1.807) is 7.11 Å². The maximum absolute atomic E-state index is 12.6. The number of amides is 1. The van der Waals surface area contributed by atoms with Crippen LogP contribution in [0.15, 0.2) is 72.8 Å². The summed E-state index contributed by atoms with van der Waals surface area (Å²) in [5, 5.41) is 3.11. The second-order valence-corrected chi connectivity index (χ2v) is 7.31. The number of carbonyl (C=O) groups is 1. The molecule has 0 aliphatic carbocycles. The minimum Gasteiger partial charge on any atom is -0.497 e. The second kappa shape index (κ2) is 9.89. The highest BCUT2D eigenvalue weighted by atomic mass is 16.7. The van der Waals surface area contributed by atoms with E-state index >= 15 is 0 Å². The van der Waals surface area contributed by atoms with Crippen LogP contribution < -0.4 is 24.3 Å². The highest BCUT2D eigenvalue weighted by Crippen LogP contribution is 2.33. The molecule has 0 saturated heterocycles. The molecule has 6 nitrogen and oxygen atoms in total. The van der Waals surface area contributed by atoms with Gasteiger partial charge in [0.05, 0.1) is 7.11 Å². The Bertz CT molecular complexity index is 1000. The molecule has 0 aromatic heterocycles. The summed E-state index contributed by atoms with van der Waals surface area (Å²) in [4.78, 5) is 12.6. The third kappa shape index (κ3) is 5.69. The Morgan fingerprint density at radius 3 is 2.39 bits per heavy atom. The molecule has 0 fully saturated rings. The van der Waals surface area contributed by atoms with Crippen molar-refractivity contribution in [1.82, 2.24) is 5.32 Å². The number of para-hydroxylation sites is 1. The molecule has 0 saturated carbocycles. The molecule has 3 aromatic carbocycles. The van der Waals surface area contributed by atoms with Gasteiger partial charge in [0, 0.05) is 6.04 Å². The van der Waals surface area contributed by atoms with Crippen LogP contribution in [0.25, 0.3) is 0 Å². The average Bonchev–Trinajstić information content (AvgIpc) is 3.27. The van der Waals surface area contributed by atoms with E-state index in [0.717, 1.165) is 28.4 Å². The van der Waals surface area contributed by atoms with Gasteiger partial charge < -0.3 is 24.3 Å². The van der Waals surface area contributed by atoms with Crippen molar-refractivity contribution in [3.8, 4) is 23.0 Å². The van der Waals surface area contributed by atoms with Crippen molar-refractivity contribution in [2.45, 2.75) is 18.9 Å².